The highest BCUT2D eigenvalue weighted by Crippen LogP contribution is 2.16. The summed E-state index contributed by atoms with van der Waals surface area (Å²) in [6.07, 6.45) is 0.0281. The van der Waals surface area contributed by atoms with Gasteiger partial charge in [0.1, 0.15) is 0 Å². The fourth-order valence-electron chi connectivity index (χ4n) is 2.42. The number of nitrogen functional groups attached to an aromatic ring is 1. The standard InChI is InChI=1S/C14H21N3O3/c1-19-12-7-17(8-13(12)20-2)9-14(18)16-11-5-3-4-10(15)6-11/h3-6,12-13H,7-9,15H2,1-2H3,(H,16,18). The number of nitrogens with zero attached hydrogens (tertiary/aromatic N) is 1. The lowest BCUT2D eigenvalue weighted by atomic mass is 10.3. The number of benzene rings is 1. The highest BCUT2D eigenvalue weighted by molar-refractivity contribution is 5.92. The molecule has 2 rings (SSSR count). The van der Waals surface area contributed by atoms with Crippen LogP contribution in [0.2, 0.25) is 0 Å². The minimum absolute atomic E-state index is 0.0140. The van der Waals surface area contributed by atoms with Crippen molar-refractivity contribution in [3.05, 3.63) is 24.3 Å². The zero-order chi connectivity index (χ0) is 14.5. The molecule has 0 saturated carbocycles. The van der Waals surface area contributed by atoms with Crippen LogP contribution in [0.4, 0.5) is 11.4 Å². The van der Waals surface area contributed by atoms with E-state index in [4.69, 9.17) is 15.2 Å². The molecule has 3 N–H and O–H groups in total. The van der Waals surface area contributed by atoms with E-state index in [1.165, 1.54) is 0 Å². The minimum Gasteiger partial charge on any atom is -0.399 e. The summed E-state index contributed by atoms with van der Waals surface area (Å²) in [6.45, 7) is 1.70. The van der Waals surface area contributed by atoms with Crippen molar-refractivity contribution in [2.45, 2.75) is 12.2 Å². The predicted octanol–water partition coefficient (Wildman–Crippen LogP) is 0.553. The molecule has 6 heteroatoms. The van der Waals surface area contributed by atoms with Gasteiger partial charge in [-0.15, -0.1) is 0 Å². The summed E-state index contributed by atoms with van der Waals surface area (Å²) in [5.41, 5.74) is 7.01. The van der Waals surface area contributed by atoms with Crippen LogP contribution in [-0.2, 0) is 14.3 Å². The average Bonchev–Trinajstić information content (AvgIpc) is 2.80. The van der Waals surface area contributed by atoms with E-state index >= 15 is 0 Å². The van der Waals surface area contributed by atoms with Crippen LogP contribution in [0.15, 0.2) is 24.3 Å². The Hall–Kier alpha value is -1.63. The lowest BCUT2D eigenvalue weighted by Gasteiger charge is -2.14. The molecule has 20 heavy (non-hydrogen) atoms. The van der Waals surface area contributed by atoms with Gasteiger partial charge in [-0.2, -0.15) is 0 Å². The van der Waals surface area contributed by atoms with Crippen molar-refractivity contribution in [3.8, 4) is 0 Å². The molecule has 1 heterocycles. The van der Waals surface area contributed by atoms with Gasteiger partial charge in [-0.3, -0.25) is 9.69 Å². The second-order valence-corrected chi connectivity index (χ2v) is 4.92. The Balaban J connectivity index is 1.86. The van der Waals surface area contributed by atoms with Gasteiger partial charge >= 0.3 is 0 Å². The number of methoxy groups -OCH3 is 2. The van der Waals surface area contributed by atoms with Gasteiger partial charge < -0.3 is 20.5 Å². The number of likely N-dealkylation sites (tertiary alicyclic amines) is 1. The van der Waals surface area contributed by atoms with Crippen molar-refractivity contribution in [2.24, 2.45) is 0 Å². The lowest BCUT2D eigenvalue weighted by molar-refractivity contribution is -0.117. The highest BCUT2D eigenvalue weighted by atomic mass is 16.5. The number of anilines is 2. The van der Waals surface area contributed by atoms with Crippen LogP contribution in [0.3, 0.4) is 0 Å². The summed E-state index contributed by atoms with van der Waals surface area (Å²) in [6, 6.07) is 7.14. The Labute approximate surface area is 118 Å². The molecule has 1 aliphatic rings. The maximum absolute atomic E-state index is 12.0. The molecule has 1 amide bonds. The molecule has 1 aromatic carbocycles. The summed E-state index contributed by atoms with van der Waals surface area (Å²) < 4.78 is 10.7. The predicted molar refractivity (Wildman–Crippen MR) is 77.5 cm³/mol. The third-order valence-electron chi connectivity index (χ3n) is 3.43. The first-order valence-corrected chi connectivity index (χ1v) is 6.55. The van der Waals surface area contributed by atoms with Gasteiger partial charge in [0.25, 0.3) is 0 Å². The van der Waals surface area contributed by atoms with Crippen molar-refractivity contribution in [1.29, 1.82) is 0 Å². The second kappa shape index (κ2) is 6.69. The summed E-state index contributed by atoms with van der Waals surface area (Å²) in [5.74, 6) is -0.0674. The maximum Gasteiger partial charge on any atom is 0.238 e. The second-order valence-electron chi connectivity index (χ2n) is 4.92. The van der Waals surface area contributed by atoms with E-state index in [2.05, 4.69) is 5.32 Å². The quantitative estimate of drug-likeness (QED) is 0.770. The molecule has 1 fully saturated rings. The lowest BCUT2D eigenvalue weighted by Crippen LogP contribution is -2.32. The van der Waals surface area contributed by atoms with Gasteiger partial charge in [0.05, 0.1) is 18.8 Å². The van der Waals surface area contributed by atoms with Crippen LogP contribution < -0.4 is 11.1 Å². The fourth-order valence-corrected chi connectivity index (χ4v) is 2.42. The largest absolute Gasteiger partial charge is 0.399 e. The van der Waals surface area contributed by atoms with Crippen molar-refractivity contribution in [3.63, 3.8) is 0 Å². The molecule has 0 aliphatic carbocycles. The maximum atomic E-state index is 12.0. The molecule has 2 atom stereocenters. The topological polar surface area (TPSA) is 76.8 Å². The van der Waals surface area contributed by atoms with Crippen molar-refractivity contribution >= 4 is 17.3 Å². The Morgan fingerprint density at radius 1 is 1.35 bits per heavy atom. The zero-order valence-corrected chi connectivity index (χ0v) is 11.8. The summed E-state index contributed by atoms with van der Waals surface area (Å²) in [4.78, 5) is 14.0. The molecule has 0 aromatic heterocycles. The van der Waals surface area contributed by atoms with Crippen molar-refractivity contribution in [1.82, 2.24) is 4.90 Å². The van der Waals surface area contributed by atoms with Gasteiger partial charge in [0.15, 0.2) is 0 Å². The zero-order valence-electron chi connectivity index (χ0n) is 11.8. The van der Waals surface area contributed by atoms with Gasteiger partial charge in [-0.05, 0) is 18.2 Å². The highest BCUT2D eigenvalue weighted by Gasteiger charge is 2.33. The molecule has 0 radical (unpaired) electrons. The van der Waals surface area contributed by atoms with Gasteiger partial charge in [-0.25, -0.2) is 0 Å². The fraction of sp³-hybridized carbons (Fsp3) is 0.500. The van der Waals surface area contributed by atoms with Crippen LogP contribution in [0, 0.1) is 0 Å². The van der Waals surface area contributed by atoms with Crippen LogP contribution in [0.5, 0.6) is 0 Å². The number of nitrogens with one attached hydrogen (secondary N) is 1. The summed E-state index contributed by atoms with van der Waals surface area (Å²) in [5, 5.41) is 2.83. The molecule has 2 unspecified atom stereocenters. The van der Waals surface area contributed by atoms with Gasteiger partial charge in [0.2, 0.25) is 5.91 Å². The molecule has 1 aliphatic heterocycles. The number of carbonyl (C=O) groups excluding carboxylic acids is 1. The van der Waals surface area contributed by atoms with E-state index in [0.29, 0.717) is 31.0 Å². The van der Waals surface area contributed by atoms with E-state index < -0.39 is 0 Å². The van der Waals surface area contributed by atoms with E-state index in [1.54, 1.807) is 26.4 Å². The number of nitrogens with two attached hydrogens (primary N) is 1. The number of rotatable bonds is 5. The SMILES string of the molecule is COC1CN(CC(=O)Nc2cccc(N)c2)CC1OC. The normalized spacial score (nSPS) is 22.9. The van der Waals surface area contributed by atoms with Crippen molar-refractivity contribution < 1.29 is 14.3 Å². The van der Waals surface area contributed by atoms with Crippen LogP contribution >= 0.6 is 0 Å². The smallest absolute Gasteiger partial charge is 0.238 e. The van der Waals surface area contributed by atoms with Crippen molar-refractivity contribution in [2.75, 3.05) is 44.9 Å². The van der Waals surface area contributed by atoms with Gasteiger partial charge in [-0.1, -0.05) is 6.07 Å². The summed E-state index contributed by atoms with van der Waals surface area (Å²) in [7, 11) is 3.32. The molecular formula is C14H21N3O3. The molecular weight excluding hydrogens is 258 g/mol. The number of hydrogen-bond donors (Lipinski definition) is 2. The molecule has 1 saturated heterocycles. The molecule has 1 aromatic rings. The molecule has 110 valence electrons. The van der Waals surface area contributed by atoms with Gasteiger partial charge in [0, 0.05) is 38.7 Å². The number of hydrogen-bond acceptors (Lipinski definition) is 5. The molecule has 0 spiro atoms. The van der Waals surface area contributed by atoms with Crippen LogP contribution in [0.25, 0.3) is 0 Å². The first-order valence-electron chi connectivity index (χ1n) is 6.55. The number of carbonyl (C=O) groups is 1. The number of ether oxygens (including phenoxy) is 2. The Bertz CT molecular complexity index is 455. The molecule has 6 nitrogen and oxygen atoms in total. The van der Waals surface area contributed by atoms with E-state index in [0.717, 1.165) is 0 Å². The summed E-state index contributed by atoms with van der Waals surface area (Å²) >= 11 is 0. The Morgan fingerprint density at radius 2 is 2.00 bits per heavy atom. The Morgan fingerprint density at radius 3 is 2.55 bits per heavy atom. The first kappa shape index (κ1) is 14.8. The first-order chi connectivity index (χ1) is 9.62. The number of amides is 1. The van der Waals surface area contributed by atoms with E-state index in [-0.39, 0.29) is 18.1 Å². The van der Waals surface area contributed by atoms with Crippen LogP contribution in [0.1, 0.15) is 0 Å². The third kappa shape index (κ3) is 3.69. The van der Waals surface area contributed by atoms with E-state index in [9.17, 15) is 4.79 Å². The average molecular weight is 279 g/mol. The monoisotopic (exact) mass is 279 g/mol. The van der Waals surface area contributed by atoms with E-state index in [1.807, 2.05) is 17.0 Å². The molecule has 0 bridgehead atoms. The van der Waals surface area contributed by atoms with Crippen LogP contribution in [-0.4, -0.2) is 56.9 Å². The third-order valence-corrected chi connectivity index (χ3v) is 3.43. The minimum atomic E-state index is -0.0674. The Kier molecular flexibility index (Phi) is 4.94.